The second-order valence-electron chi connectivity index (χ2n) is 2.09. The fourth-order valence-corrected chi connectivity index (χ4v) is 1.67. The summed E-state index contributed by atoms with van der Waals surface area (Å²) < 4.78 is 0.593. The van der Waals surface area contributed by atoms with Crippen molar-refractivity contribution in [3.63, 3.8) is 0 Å². The second-order valence-corrected chi connectivity index (χ2v) is 3.79. The van der Waals surface area contributed by atoms with Gasteiger partial charge in [0.2, 0.25) is 6.29 Å². The lowest BCUT2D eigenvalue weighted by atomic mass is 10.5. The number of nitrogens with zero attached hydrogens (tertiary/aromatic N) is 1. The van der Waals surface area contributed by atoms with Crippen molar-refractivity contribution < 1.29 is 9.59 Å². The van der Waals surface area contributed by atoms with Gasteiger partial charge in [-0.15, -0.1) is 11.3 Å². The van der Waals surface area contributed by atoms with Crippen LogP contribution in [0.4, 0.5) is 5.00 Å². The Morgan fingerprint density at radius 3 is 2.75 bits per heavy atom. The summed E-state index contributed by atoms with van der Waals surface area (Å²) in [7, 11) is 1.53. The van der Waals surface area contributed by atoms with Crippen molar-refractivity contribution in [1.82, 2.24) is 0 Å². The van der Waals surface area contributed by atoms with Gasteiger partial charge in [-0.1, -0.05) is 11.6 Å². The first-order chi connectivity index (χ1) is 5.65. The van der Waals surface area contributed by atoms with Crippen LogP contribution in [0.5, 0.6) is 0 Å². The highest BCUT2D eigenvalue weighted by Crippen LogP contribution is 2.28. The number of carbonyl (C=O) groups excluding carboxylic acids is 2. The minimum atomic E-state index is -0.575. The molecule has 0 aromatic carbocycles. The third-order valence-corrected chi connectivity index (χ3v) is 2.63. The first-order valence-electron chi connectivity index (χ1n) is 3.13. The number of hydrogen-bond acceptors (Lipinski definition) is 3. The fraction of sp³-hybridized carbons (Fsp3) is 0.143. The SMILES string of the molecule is CN(C(=O)C=O)c1ccc(Cl)s1. The lowest BCUT2D eigenvalue weighted by Crippen LogP contribution is -2.25. The van der Waals surface area contributed by atoms with Gasteiger partial charge in [-0.2, -0.15) is 0 Å². The van der Waals surface area contributed by atoms with Crippen molar-refractivity contribution in [3.05, 3.63) is 16.5 Å². The number of likely N-dealkylation sites (N-methyl/N-ethyl adjacent to an activating group) is 1. The second kappa shape index (κ2) is 3.69. The monoisotopic (exact) mass is 203 g/mol. The summed E-state index contributed by atoms with van der Waals surface area (Å²) in [6, 6.07) is 3.37. The zero-order chi connectivity index (χ0) is 9.14. The Morgan fingerprint density at radius 2 is 2.33 bits per heavy atom. The standard InChI is InChI=1S/C7H6ClNO2S/c1-9(6(11)4-10)7-3-2-5(8)12-7/h2-4H,1H3. The third kappa shape index (κ3) is 1.84. The molecular weight excluding hydrogens is 198 g/mol. The summed E-state index contributed by atoms with van der Waals surface area (Å²) in [5.74, 6) is -0.575. The number of carbonyl (C=O) groups is 2. The summed E-state index contributed by atoms with van der Waals surface area (Å²) in [5, 5.41) is 0.664. The summed E-state index contributed by atoms with van der Waals surface area (Å²) in [6.45, 7) is 0. The van der Waals surface area contributed by atoms with Gasteiger partial charge < -0.3 is 4.90 Å². The summed E-state index contributed by atoms with van der Waals surface area (Å²) in [4.78, 5) is 22.2. The molecule has 0 unspecified atom stereocenters. The van der Waals surface area contributed by atoms with Crippen molar-refractivity contribution in [3.8, 4) is 0 Å². The fourth-order valence-electron chi connectivity index (χ4n) is 0.673. The molecule has 0 bridgehead atoms. The van der Waals surface area contributed by atoms with Crippen LogP contribution >= 0.6 is 22.9 Å². The summed E-state index contributed by atoms with van der Waals surface area (Å²) in [6.07, 6.45) is 0.271. The van der Waals surface area contributed by atoms with Crippen molar-refractivity contribution >= 4 is 40.1 Å². The molecule has 0 aliphatic rings. The molecule has 0 aliphatic carbocycles. The molecule has 1 aromatic heterocycles. The largest absolute Gasteiger partial charge is 0.300 e. The molecule has 12 heavy (non-hydrogen) atoms. The van der Waals surface area contributed by atoms with E-state index in [1.807, 2.05) is 0 Å². The maximum atomic E-state index is 10.8. The lowest BCUT2D eigenvalue weighted by molar-refractivity contribution is -0.129. The first kappa shape index (κ1) is 9.22. The average molecular weight is 204 g/mol. The molecule has 1 heterocycles. The van der Waals surface area contributed by atoms with Crippen LogP contribution in [0, 0.1) is 0 Å². The summed E-state index contributed by atoms with van der Waals surface area (Å²) in [5.41, 5.74) is 0. The van der Waals surface area contributed by atoms with E-state index in [9.17, 15) is 9.59 Å². The van der Waals surface area contributed by atoms with E-state index in [0.717, 1.165) is 0 Å². The van der Waals surface area contributed by atoms with E-state index in [0.29, 0.717) is 9.34 Å². The van der Waals surface area contributed by atoms with Crippen LogP contribution in [0.15, 0.2) is 12.1 Å². The van der Waals surface area contributed by atoms with E-state index in [-0.39, 0.29) is 6.29 Å². The Morgan fingerprint density at radius 1 is 1.67 bits per heavy atom. The molecule has 0 N–H and O–H groups in total. The molecule has 1 rings (SSSR count). The van der Waals surface area contributed by atoms with Gasteiger partial charge in [-0.3, -0.25) is 9.59 Å². The normalized spacial score (nSPS) is 9.50. The molecule has 3 nitrogen and oxygen atoms in total. The Bertz CT molecular complexity index is 310. The molecule has 1 amide bonds. The average Bonchev–Trinajstić information content (AvgIpc) is 2.49. The molecule has 0 radical (unpaired) electrons. The van der Waals surface area contributed by atoms with E-state index in [1.54, 1.807) is 12.1 Å². The topological polar surface area (TPSA) is 37.4 Å². The van der Waals surface area contributed by atoms with Crippen LogP contribution in [0.2, 0.25) is 4.34 Å². The molecule has 64 valence electrons. The highest BCUT2D eigenvalue weighted by Gasteiger charge is 2.10. The van der Waals surface area contributed by atoms with Gasteiger partial charge in [-0.25, -0.2) is 0 Å². The minimum Gasteiger partial charge on any atom is -0.300 e. The highest BCUT2D eigenvalue weighted by atomic mass is 35.5. The Kier molecular flexibility index (Phi) is 2.83. The highest BCUT2D eigenvalue weighted by molar-refractivity contribution is 7.20. The van der Waals surface area contributed by atoms with Crippen LogP contribution in [-0.2, 0) is 9.59 Å². The zero-order valence-electron chi connectivity index (χ0n) is 6.28. The molecule has 0 atom stereocenters. The Labute approximate surface area is 78.6 Å². The number of halogens is 1. The maximum Gasteiger partial charge on any atom is 0.291 e. The van der Waals surface area contributed by atoms with Gasteiger partial charge >= 0.3 is 0 Å². The predicted octanol–water partition coefficient (Wildman–Crippen LogP) is 1.56. The van der Waals surface area contributed by atoms with E-state index in [4.69, 9.17) is 11.6 Å². The maximum absolute atomic E-state index is 10.8. The number of amides is 1. The van der Waals surface area contributed by atoms with Crippen molar-refractivity contribution in [1.29, 1.82) is 0 Å². The lowest BCUT2D eigenvalue weighted by Gasteiger charge is -2.09. The number of anilines is 1. The van der Waals surface area contributed by atoms with Crippen molar-refractivity contribution in [2.24, 2.45) is 0 Å². The Balaban J connectivity index is 2.84. The first-order valence-corrected chi connectivity index (χ1v) is 4.33. The van der Waals surface area contributed by atoms with E-state index in [2.05, 4.69) is 0 Å². The van der Waals surface area contributed by atoms with Crippen LogP contribution in [0.3, 0.4) is 0 Å². The molecule has 0 saturated carbocycles. The number of thiophene rings is 1. The molecular formula is C7H6ClNO2S. The van der Waals surface area contributed by atoms with Gasteiger partial charge in [-0.05, 0) is 12.1 Å². The van der Waals surface area contributed by atoms with Crippen LogP contribution in [0.25, 0.3) is 0 Å². The minimum absolute atomic E-state index is 0.271. The van der Waals surface area contributed by atoms with Crippen LogP contribution in [-0.4, -0.2) is 19.2 Å². The predicted molar refractivity (Wildman–Crippen MR) is 48.8 cm³/mol. The van der Waals surface area contributed by atoms with Crippen LogP contribution < -0.4 is 4.90 Å². The van der Waals surface area contributed by atoms with Crippen LogP contribution in [0.1, 0.15) is 0 Å². The van der Waals surface area contributed by atoms with Gasteiger partial charge in [0.05, 0.1) is 9.34 Å². The van der Waals surface area contributed by atoms with Gasteiger partial charge in [0, 0.05) is 7.05 Å². The van der Waals surface area contributed by atoms with Crippen molar-refractivity contribution in [2.75, 3.05) is 11.9 Å². The quantitative estimate of drug-likeness (QED) is 0.541. The van der Waals surface area contributed by atoms with E-state index >= 15 is 0 Å². The molecule has 5 heteroatoms. The number of aldehydes is 1. The van der Waals surface area contributed by atoms with Gasteiger partial charge in [0.25, 0.3) is 5.91 Å². The smallest absolute Gasteiger partial charge is 0.291 e. The number of hydrogen-bond donors (Lipinski definition) is 0. The molecule has 0 aliphatic heterocycles. The van der Waals surface area contributed by atoms with Crippen molar-refractivity contribution in [2.45, 2.75) is 0 Å². The molecule has 0 saturated heterocycles. The summed E-state index contributed by atoms with van der Waals surface area (Å²) >= 11 is 6.90. The zero-order valence-corrected chi connectivity index (χ0v) is 7.85. The molecule has 0 spiro atoms. The molecule has 0 fully saturated rings. The molecule has 1 aromatic rings. The van der Waals surface area contributed by atoms with E-state index < -0.39 is 5.91 Å². The van der Waals surface area contributed by atoms with Gasteiger partial charge in [0.1, 0.15) is 0 Å². The van der Waals surface area contributed by atoms with Gasteiger partial charge in [0.15, 0.2) is 0 Å². The third-order valence-electron chi connectivity index (χ3n) is 1.32. The Hall–Kier alpha value is -0.870. The number of rotatable bonds is 2. The van der Waals surface area contributed by atoms with E-state index in [1.165, 1.54) is 23.3 Å².